The largest absolute Gasteiger partial charge is 0.493 e. The maximum absolute atomic E-state index is 14.2. The van der Waals surface area contributed by atoms with Gasteiger partial charge in [-0.2, -0.15) is 0 Å². The summed E-state index contributed by atoms with van der Waals surface area (Å²) in [5, 5.41) is 7.63. The van der Waals surface area contributed by atoms with Crippen LogP contribution in [0, 0.1) is 5.92 Å². The van der Waals surface area contributed by atoms with E-state index in [2.05, 4.69) is 10.5 Å². The Bertz CT molecular complexity index is 1350. The number of carbonyl (C=O) groups is 2. The summed E-state index contributed by atoms with van der Waals surface area (Å²) in [6.45, 7) is 0. The highest BCUT2D eigenvalue weighted by Gasteiger charge is 2.63. The SMILES string of the molecule is COc1cc(C(=O)[C@@H]2C(c3ccc(Cl)cc3)=NO[C@@]23C(=O)Nc2ccccc23)cc(OC)c1OC. The van der Waals surface area contributed by atoms with Gasteiger partial charge < -0.3 is 24.4 Å². The van der Waals surface area contributed by atoms with Gasteiger partial charge in [0.15, 0.2) is 17.3 Å². The molecule has 2 aliphatic rings. The van der Waals surface area contributed by atoms with E-state index < -0.39 is 23.2 Å². The molecule has 0 radical (unpaired) electrons. The molecular weight excluding hydrogens is 472 g/mol. The van der Waals surface area contributed by atoms with Crippen molar-refractivity contribution in [3.63, 3.8) is 0 Å². The van der Waals surface area contributed by atoms with E-state index in [1.807, 2.05) is 0 Å². The topological polar surface area (TPSA) is 95.5 Å². The van der Waals surface area contributed by atoms with Gasteiger partial charge in [0.1, 0.15) is 11.6 Å². The molecule has 1 N–H and O–H groups in total. The van der Waals surface area contributed by atoms with Gasteiger partial charge in [-0.1, -0.05) is 47.1 Å². The number of hydrogen-bond donors (Lipinski definition) is 1. The van der Waals surface area contributed by atoms with E-state index in [1.54, 1.807) is 60.7 Å². The van der Waals surface area contributed by atoms with Crippen LogP contribution in [0.5, 0.6) is 17.2 Å². The maximum Gasteiger partial charge on any atom is 0.277 e. The molecule has 0 bridgehead atoms. The highest BCUT2D eigenvalue weighted by atomic mass is 35.5. The fraction of sp³-hybridized carbons (Fsp3) is 0.192. The minimum atomic E-state index is -1.68. The van der Waals surface area contributed by atoms with E-state index in [4.69, 9.17) is 30.6 Å². The van der Waals surface area contributed by atoms with Gasteiger partial charge >= 0.3 is 0 Å². The zero-order valence-corrected chi connectivity index (χ0v) is 19.9. The third-order valence-corrected chi connectivity index (χ3v) is 6.48. The van der Waals surface area contributed by atoms with Gasteiger partial charge in [-0.15, -0.1) is 0 Å². The molecule has 3 aromatic carbocycles. The number of halogens is 1. The van der Waals surface area contributed by atoms with Crippen molar-refractivity contribution in [2.45, 2.75) is 5.60 Å². The lowest BCUT2D eigenvalue weighted by Gasteiger charge is -2.27. The fourth-order valence-corrected chi connectivity index (χ4v) is 4.71. The van der Waals surface area contributed by atoms with E-state index in [0.717, 1.165) is 0 Å². The molecule has 2 atom stereocenters. The molecule has 0 aliphatic carbocycles. The number of nitrogens with zero attached hydrogens (tertiary/aromatic N) is 1. The summed E-state index contributed by atoms with van der Waals surface area (Å²) >= 11 is 6.08. The Kier molecular flexibility index (Phi) is 5.61. The number of nitrogens with one attached hydrogen (secondary N) is 1. The summed E-state index contributed by atoms with van der Waals surface area (Å²) in [7, 11) is 4.41. The van der Waals surface area contributed by atoms with Crippen LogP contribution < -0.4 is 19.5 Å². The summed E-state index contributed by atoms with van der Waals surface area (Å²) in [5.74, 6) is -1.01. The van der Waals surface area contributed by atoms with E-state index in [9.17, 15) is 9.59 Å². The normalized spacial score (nSPS) is 20.1. The smallest absolute Gasteiger partial charge is 0.277 e. The van der Waals surface area contributed by atoms with Gasteiger partial charge in [-0.05, 0) is 30.3 Å². The van der Waals surface area contributed by atoms with Crippen LogP contribution in [-0.4, -0.2) is 38.7 Å². The first kappa shape index (κ1) is 22.7. The molecule has 1 spiro atoms. The van der Waals surface area contributed by atoms with Gasteiger partial charge in [0, 0.05) is 27.4 Å². The molecule has 8 nitrogen and oxygen atoms in total. The van der Waals surface area contributed by atoms with E-state index >= 15 is 0 Å². The molecule has 178 valence electrons. The number of ketones is 1. The molecule has 0 fully saturated rings. The molecule has 9 heteroatoms. The Balaban J connectivity index is 1.70. The van der Waals surface area contributed by atoms with Crippen LogP contribution in [0.1, 0.15) is 21.5 Å². The predicted octanol–water partition coefficient (Wildman–Crippen LogP) is 4.45. The number of ether oxygens (including phenoxy) is 3. The van der Waals surface area contributed by atoms with Crippen molar-refractivity contribution in [3.8, 4) is 17.2 Å². The zero-order chi connectivity index (χ0) is 24.7. The minimum absolute atomic E-state index is 0.244. The Morgan fingerprint density at radius 1 is 1.00 bits per heavy atom. The summed E-state index contributed by atoms with van der Waals surface area (Å²) < 4.78 is 16.3. The Hall–Kier alpha value is -4.04. The summed E-state index contributed by atoms with van der Waals surface area (Å²) in [6.07, 6.45) is 0. The number of amides is 1. The number of benzene rings is 3. The summed E-state index contributed by atoms with van der Waals surface area (Å²) in [6, 6.07) is 17.0. The van der Waals surface area contributed by atoms with Crippen LogP contribution in [0.4, 0.5) is 5.69 Å². The van der Waals surface area contributed by atoms with E-state index in [-0.39, 0.29) is 5.56 Å². The van der Waals surface area contributed by atoms with Crippen LogP contribution in [0.25, 0.3) is 0 Å². The first-order chi connectivity index (χ1) is 16.9. The molecule has 0 saturated carbocycles. The number of rotatable bonds is 6. The number of Topliss-reactive ketones (excluding diaryl/α,β-unsaturated/α-hetero) is 1. The van der Waals surface area contributed by atoms with Gasteiger partial charge in [0.25, 0.3) is 11.5 Å². The molecule has 5 rings (SSSR count). The van der Waals surface area contributed by atoms with Gasteiger partial charge in [-0.3, -0.25) is 9.59 Å². The van der Waals surface area contributed by atoms with Crippen molar-refractivity contribution in [2.24, 2.45) is 11.1 Å². The molecule has 2 aliphatic heterocycles. The molecule has 2 heterocycles. The molecule has 35 heavy (non-hydrogen) atoms. The lowest BCUT2D eigenvalue weighted by molar-refractivity contribution is -0.140. The van der Waals surface area contributed by atoms with Crippen molar-refractivity contribution >= 4 is 34.7 Å². The number of carbonyl (C=O) groups excluding carboxylic acids is 2. The lowest BCUT2D eigenvalue weighted by Crippen LogP contribution is -2.46. The highest BCUT2D eigenvalue weighted by Crippen LogP contribution is 2.50. The maximum atomic E-state index is 14.2. The number of methoxy groups -OCH3 is 3. The summed E-state index contributed by atoms with van der Waals surface area (Å²) in [4.78, 5) is 33.5. The number of anilines is 1. The average molecular weight is 493 g/mol. The Labute approximate surface area is 206 Å². The molecular formula is C26H21ClN2O6. The molecule has 0 unspecified atom stereocenters. The van der Waals surface area contributed by atoms with Crippen molar-refractivity contribution in [3.05, 3.63) is 82.4 Å². The van der Waals surface area contributed by atoms with Gasteiger partial charge in [0.05, 0.1) is 21.3 Å². The van der Waals surface area contributed by atoms with E-state index in [1.165, 1.54) is 21.3 Å². The third-order valence-electron chi connectivity index (χ3n) is 6.23. The zero-order valence-electron chi connectivity index (χ0n) is 19.1. The van der Waals surface area contributed by atoms with Crippen LogP contribution in [0.2, 0.25) is 5.02 Å². The molecule has 0 saturated heterocycles. The second-order valence-electron chi connectivity index (χ2n) is 8.02. The number of para-hydroxylation sites is 1. The number of hydrogen-bond acceptors (Lipinski definition) is 7. The van der Waals surface area contributed by atoms with Gasteiger partial charge in [0.2, 0.25) is 5.75 Å². The Morgan fingerprint density at radius 3 is 2.29 bits per heavy atom. The fourth-order valence-electron chi connectivity index (χ4n) is 4.59. The first-order valence-electron chi connectivity index (χ1n) is 10.7. The van der Waals surface area contributed by atoms with Gasteiger partial charge in [-0.25, -0.2) is 0 Å². The van der Waals surface area contributed by atoms with Crippen LogP contribution in [0.15, 0.2) is 65.8 Å². The van der Waals surface area contributed by atoms with Crippen molar-refractivity contribution < 1.29 is 28.6 Å². The van der Waals surface area contributed by atoms with Crippen LogP contribution in [-0.2, 0) is 15.2 Å². The summed E-state index contributed by atoms with van der Waals surface area (Å²) in [5.41, 5.74) is 0.578. The molecule has 1 amide bonds. The van der Waals surface area contributed by atoms with Crippen molar-refractivity contribution in [1.82, 2.24) is 0 Å². The number of oxime groups is 1. The second kappa shape index (κ2) is 8.63. The first-order valence-corrected chi connectivity index (χ1v) is 11.1. The molecule has 3 aromatic rings. The standard InChI is InChI=1S/C26H21ClN2O6/c1-32-19-12-15(13-20(33-2)24(19)34-3)23(30)21-22(14-8-10-16(27)11-9-14)29-35-26(21)17-6-4-5-7-18(17)28-25(26)31/h4-13,21H,1-3H3,(H,28,31)/t21-,26+/m0/s1. The Morgan fingerprint density at radius 2 is 1.66 bits per heavy atom. The average Bonchev–Trinajstić information content (AvgIpc) is 3.42. The van der Waals surface area contributed by atoms with Crippen LogP contribution in [0.3, 0.4) is 0 Å². The van der Waals surface area contributed by atoms with Crippen molar-refractivity contribution in [2.75, 3.05) is 26.6 Å². The quantitative estimate of drug-likeness (QED) is 0.511. The molecule has 0 aromatic heterocycles. The van der Waals surface area contributed by atoms with Crippen molar-refractivity contribution in [1.29, 1.82) is 0 Å². The third kappa shape index (κ3) is 3.40. The number of fused-ring (bicyclic) bond motifs is 2. The monoisotopic (exact) mass is 492 g/mol. The lowest BCUT2D eigenvalue weighted by atomic mass is 9.74. The van der Waals surface area contributed by atoms with E-state index in [0.29, 0.717) is 44.8 Å². The van der Waals surface area contributed by atoms with Crippen LogP contribution >= 0.6 is 11.6 Å². The second-order valence-corrected chi connectivity index (χ2v) is 8.46. The highest BCUT2D eigenvalue weighted by molar-refractivity contribution is 6.31. The predicted molar refractivity (Wildman–Crippen MR) is 130 cm³/mol. The minimum Gasteiger partial charge on any atom is -0.493 e.